The van der Waals surface area contributed by atoms with Gasteiger partial charge in [0.05, 0.1) is 13.0 Å². The highest BCUT2D eigenvalue weighted by Crippen LogP contribution is 2.18. The molecule has 0 bridgehead atoms. The van der Waals surface area contributed by atoms with Gasteiger partial charge in [0.1, 0.15) is 5.75 Å². The molecule has 2 amide bonds. The summed E-state index contributed by atoms with van der Waals surface area (Å²) in [5, 5.41) is 5.72. The number of carbonyl (C=O) groups excluding carboxylic acids is 2. The predicted octanol–water partition coefficient (Wildman–Crippen LogP) is 4.91. The lowest BCUT2D eigenvalue weighted by molar-refractivity contribution is -0.115. The molecule has 0 radical (unpaired) electrons. The monoisotopic (exact) mass is 388 g/mol. The van der Waals surface area contributed by atoms with Gasteiger partial charge in [-0.3, -0.25) is 9.59 Å². The fourth-order valence-electron chi connectivity index (χ4n) is 2.79. The molecule has 3 aromatic carbocycles. The molecule has 0 aliphatic rings. The van der Waals surface area contributed by atoms with E-state index in [-0.39, 0.29) is 11.8 Å². The van der Waals surface area contributed by atoms with Crippen molar-refractivity contribution in [2.75, 3.05) is 17.2 Å². The number of amides is 2. The van der Waals surface area contributed by atoms with Crippen molar-refractivity contribution in [3.63, 3.8) is 0 Å². The van der Waals surface area contributed by atoms with Crippen molar-refractivity contribution in [2.45, 2.75) is 19.8 Å². The summed E-state index contributed by atoms with van der Waals surface area (Å²) in [5.41, 5.74) is 2.72. The Labute approximate surface area is 170 Å². The molecular formula is C24H24N2O3. The van der Waals surface area contributed by atoms with E-state index in [2.05, 4.69) is 10.6 Å². The van der Waals surface area contributed by atoms with Gasteiger partial charge in [0.2, 0.25) is 5.91 Å². The predicted molar refractivity (Wildman–Crippen MR) is 115 cm³/mol. The summed E-state index contributed by atoms with van der Waals surface area (Å²) in [6.45, 7) is 2.69. The van der Waals surface area contributed by atoms with E-state index in [1.54, 1.807) is 48.5 Å². The lowest BCUT2D eigenvalue weighted by atomic mass is 10.1. The Kier molecular flexibility index (Phi) is 7.00. The van der Waals surface area contributed by atoms with Gasteiger partial charge in [0, 0.05) is 16.9 Å². The van der Waals surface area contributed by atoms with Gasteiger partial charge in [0.25, 0.3) is 5.91 Å². The molecule has 5 nitrogen and oxygen atoms in total. The first kappa shape index (κ1) is 20.1. The van der Waals surface area contributed by atoms with Crippen molar-refractivity contribution < 1.29 is 14.3 Å². The minimum atomic E-state index is -0.222. The van der Waals surface area contributed by atoms with Crippen LogP contribution in [-0.4, -0.2) is 18.4 Å². The van der Waals surface area contributed by atoms with Crippen LogP contribution in [0.15, 0.2) is 78.9 Å². The summed E-state index contributed by atoms with van der Waals surface area (Å²) < 4.78 is 5.53. The van der Waals surface area contributed by atoms with Crippen molar-refractivity contribution in [1.82, 2.24) is 0 Å². The second-order valence-corrected chi connectivity index (χ2v) is 6.62. The number of anilines is 2. The SMILES string of the molecule is CCCOc1ccc(C(=O)Nc2cccc(NC(=O)Cc3ccccc3)c2)cc1. The zero-order valence-electron chi connectivity index (χ0n) is 16.4. The maximum atomic E-state index is 12.5. The maximum Gasteiger partial charge on any atom is 0.255 e. The van der Waals surface area contributed by atoms with Crippen molar-refractivity contribution >= 4 is 23.2 Å². The van der Waals surface area contributed by atoms with Crippen LogP contribution in [0.1, 0.15) is 29.3 Å². The Balaban J connectivity index is 1.59. The van der Waals surface area contributed by atoms with E-state index in [9.17, 15) is 9.59 Å². The highest BCUT2D eigenvalue weighted by atomic mass is 16.5. The zero-order valence-corrected chi connectivity index (χ0v) is 16.4. The van der Waals surface area contributed by atoms with E-state index in [1.165, 1.54) is 0 Å². The van der Waals surface area contributed by atoms with E-state index >= 15 is 0 Å². The number of ether oxygens (including phenoxy) is 1. The van der Waals surface area contributed by atoms with Gasteiger partial charge in [-0.15, -0.1) is 0 Å². The van der Waals surface area contributed by atoms with Crippen LogP contribution in [-0.2, 0) is 11.2 Å². The number of nitrogens with one attached hydrogen (secondary N) is 2. The quantitative estimate of drug-likeness (QED) is 0.576. The fraction of sp³-hybridized carbons (Fsp3) is 0.167. The summed E-state index contributed by atoms with van der Waals surface area (Å²) in [4.78, 5) is 24.7. The Bertz CT molecular complexity index is 953. The summed E-state index contributed by atoms with van der Waals surface area (Å²) in [5.74, 6) is 0.411. The highest BCUT2D eigenvalue weighted by molar-refractivity contribution is 6.04. The summed E-state index contributed by atoms with van der Waals surface area (Å²) in [6.07, 6.45) is 1.23. The summed E-state index contributed by atoms with van der Waals surface area (Å²) in [7, 11) is 0. The van der Waals surface area contributed by atoms with Crippen LogP contribution in [0.25, 0.3) is 0 Å². The Morgan fingerprint density at radius 2 is 1.52 bits per heavy atom. The number of carbonyl (C=O) groups is 2. The average Bonchev–Trinajstić information content (AvgIpc) is 2.73. The second kappa shape index (κ2) is 10.1. The van der Waals surface area contributed by atoms with Crippen molar-refractivity contribution in [1.29, 1.82) is 0 Å². The Hall–Kier alpha value is -3.60. The number of hydrogen-bond acceptors (Lipinski definition) is 3. The molecule has 0 heterocycles. The van der Waals surface area contributed by atoms with Gasteiger partial charge >= 0.3 is 0 Å². The van der Waals surface area contributed by atoms with Gasteiger partial charge in [-0.25, -0.2) is 0 Å². The first-order valence-electron chi connectivity index (χ1n) is 9.62. The van der Waals surface area contributed by atoms with Crippen LogP contribution in [0, 0.1) is 0 Å². The third-order valence-electron chi connectivity index (χ3n) is 4.20. The van der Waals surface area contributed by atoms with Crippen LogP contribution in [0.5, 0.6) is 5.75 Å². The molecule has 0 fully saturated rings. The molecule has 148 valence electrons. The third kappa shape index (κ3) is 6.21. The number of hydrogen-bond donors (Lipinski definition) is 2. The molecule has 0 aliphatic carbocycles. The molecular weight excluding hydrogens is 364 g/mol. The van der Waals surface area contributed by atoms with E-state index in [1.807, 2.05) is 37.3 Å². The van der Waals surface area contributed by atoms with Gasteiger partial charge in [0.15, 0.2) is 0 Å². The summed E-state index contributed by atoms with van der Waals surface area (Å²) in [6, 6.07) is 23.7. The van der Waals surface area contributed by atoms with Gasteiger partial charge < -0.3 is 15.4 Å². The van der Waals surface area contributed by atoms with Gasteiger partial charge in [-0.05, 0) is 54.4 Å². The van der Waals surface area contributed by atoms with Gasteiger partial charge in [-0.1, -0.05) is 43.3 Å². The van der Waals surface area contributed by atoms with Crippen molar-refractivity contribution in [3.05, 3.63) is 90.0 Å². The molecule has 0 unspecified atom stereocenters. The van der Waals surface area contributed by atoms with Crippen LogP contribution in [0.4, 0.5) is 11.4 Å². The molecule has 0 saturated carbocycles. The molecule has 3 rings (SSSR count). The molecule has 0 saturated heterocycles. The largest absolute Gasteiger partial charge is 0.494 e. The topological polar surface area (TPSA) is 67.4 Å². The third-order valence-corrected chi connectivity index (χ3v) is 4.20. The van der Waals surface area contributed by atoms with Crippen LogP contribution < -0.4 is 15.4 Å². The minimum Gasteiger partial charge on any atom is -0.494 e. The molecule has 0 aromatic heterocycles. The number of rotatable bonds is 8. The smallest absolute Gasteiger partial charge is 0.255 e. The van der Waals surface area contributed by atoms with Gasteiger partial charge in [-0.2, -0.15) is 0 Å². The molecule has 5 heteroatoms. The first-order valence-corrected chi connectivity index (χ1v) is 9.62. The van der Waals surface area contributed by atoms with E-state index in [4.69, 9.17) is 4.74 Å². The van der Waals surface area contributed by atoms with Crippen LogP contribution in [0.2, 0.25) is 0 Å². The lowest BCUT2D eigenvalue weighted by Crippen LogP contribution is -2.15. The normalized spacial score (nSPS) is 10.2. The molecule has 29 heavy (non-hydrogen) atoms. The molecule has 0 spiro atoms. The molecule has 0 aliphatic heterocycles. The molecule has 2 N–H and O–H groups in total. The Morgan fingerprint density at radius 1 is 0.828 bits per heavy atom. The average molecular weight is 388 g/mol. The van der Waals surface area contributed by atoms with E-state index < -0.39 is 0 Å². The van der Waals surface area contributed by atoms with E-state index in [0.29, 0.717) is 30.0 Å². The standard InChI is InChI=1S/C24H24N2O3/c1-2-15-29-22-13-11-19(12-14-22)24(28)26-21-10-6-9-20(17-21)25-23(27)16-18-7-4-3-5-8-18/h3-14,17H,2,15-16H2,1H3,(H,25,27)(H,26,28). The molecule has 0 atom stereocenters. The lowest BCUT2D eigenvalue weighted by Gasteiger charge is -2.10. The first-order chi connectivity index (χ1) is 14.1. The van der Waals surface area contributed by atoms with E-state index in [0.717, 1.165) is 17.7 Å². The summed E-state index contributed by atoms with van der Waals surface area (Å²) >= 11 is 0. The second-order valence-electron chi connectivity index (χ2n) is 6.62. The van der Waals surface area contributed by atoms with Crippen LogP contribution >= 0.6 is 0 Å². The zero-order chi connectivity index (χ0) is 20.5. The molecule has 3 aromatic rings. The van der Waals surface area contributed by atoms with Crippen molar-refractivity contribution in [2.24, 2.45) is 0 Å². The number of benzene rings is 3. The Morgan fingerprint density at radius 3 is 2.21 bits per heavy atom. The maximum absolute atomic E-state index is 12.5. The minimum absolute atomic E-state index is 0.109. The van der Waals surface area contributed by atoms with Crippen molar-refractivity contribution in [3.8, 4) is 5.75 Å². The van der Waals surface area contributed by atoms with Crippen LogP contribution in [0.3, 0.4) is 0 Å². The fourth-order valence-corrected chi connectivity index (χ4v) is 2.79. The highest BCUT2D eigenvalue weighted by Gasteiger charge is 2.08.